The number of aliphatic carboxylic acids is 1. The molecule has 0 aliphatic heterocycles. The second kappa shape index (κ2) is 10.3. The molecule has 1 aromatic heterocycles. The summed E-state index contributed by atoms with van der Waals surface area (Å²) in [6.07, 6.45) is 1.60. The number of aromatic nitrogens is 2. The van der Waals surface area contributed by atoms with Crippen LogP contribution in [0.1, 0.15) is 48.5 Å². The quantitative estimate of drug-likeness (QED) is 0.370. The first-order valence-electron chi connectivity index (χ1n) is 11.5. The lowest BCUT2D eigenvalue weighted by molar-refractivity contribution is -0.145. The molecule has 0 spiro atoms. The number of nitrogens with zero attached hydrogens (tertiary/aromatic N) is 2. The van der Waals surface area contributed by atoms with Crippen molar-refractivity contribution in [3.05, 3.63) is 106 Å². The van der Waals surface area contributed by atoms with Gasteiger partial charge in [0.05, 0.1) is 6.54 Å². The van der Waals surface area contributed by atoms with Crippen molar-refractivity contribution in [2.45, 2.75) is 45.8 Å². The van der Waals surface area contributed by atoms with Gasteiger partial charge in [0.15, 0.2) is 0 Å². The summed E-state index contributed by atoms with van der Waals surface area (Å²) in [5.41, 5.74) is 2.17. The largest absolute Gasteiger partial charge is 0.478 e. The smallest absolute Gasteiger partial charge is 0.349 e. The minimum Gasteiger partial charge on any atom is -0.478 e. The highest BCUT2D eigenvalue weighted by Gasteiger charge is 2.24. The van der Waals surface area contributed by atoms with E-state index in [1.165, 1.54) is 0 Å². The molecule has 174 valence electrons. The molecule has 0 fully saturated rings. The van der Waals surface area contributed by atoms with Gasteiger partial charge in [-0.25, -0.2) is 9.78 Å². The number of ether oxygens (including phenoxy) is 1. The van der Waals surface area contributed by atoms with E-state index in [1.807, 2.05) is 55.5 Å². The van der Waals surface area contributed by atoms with Crippen molar-refractivity contribution in [3.8, 4) is 5.75 Å². The topological polar surface area (TPSA) is 81.4 Å². The molecule has 0 amide bonds. The molecule has 4 aromatic rings. The maximum atomic E-state index is 12.6. The van der Waals surface area contributed by atoms with Crippen LogP contribution in [0.25, 0.3) is 10.8 Å². The maximum absolute atomic E-state index is 12.6. The second-order valence-corrected chi connectivity index (χ2v) is 8.39. The first-order chi connectivity index (χ1) is 16.5. The number of carbonyl (C=O) groups is 1. The Balaban J connectivity index is 1.57. The van der Waals surface area contributed by atoms with E-state index in [1.54, 1.807) is 28.8 Å². The molecule has 0 radical (unpaired) electrons. The molecule has 1 unspecified atom stereocenters. The molecular weight excluding hydrogens is 428 g/mol. The number of rotatable bonds is 9. The van der Waals surface area contributed by atoms with Crippen molar-refractivity contribution in [2.24, 2.45) is 0 Å². The van der Waals surface area contributed by atoms with Gasteiger partial charge in [0, 0.05) is 23.7 Å². The average molecular weight is 457 g/mol. The number of carboxylic acids is 1. The van der Waals surface area contributed by atoms with Gasteiger partial charge in [-0.15, -0.1) is 0 Å². The molecule has 4 rings (SSSR count). The zero-order chi connectivity index (χ0) is 24.1. The number of hydrogen-bond acceptors (Lipinski definition) is 4. The van der Waals surface area contributed by atoms with Gasteiger partial charge in [-0.1, -0.05) is 67.9 Å². The van der Waals surface area contributed by atoms with E-state index in [-0.39, 0.29) is 5.56 Å². The van der Waals surface area contributed by atoms with Gasteiger partial charge in [0.2, 0.25) is 6.10 Å². The predicted octanol–water partition coefficient (Wildman–Crippen LogP) is 5.30. The van der Waals surface area contributed by atoms with Crippen molar-refractivity contribution in [1.29, 1.82) is 0 Å². The fourth-order valence-corrected chi connectivity index (χ4v) is 4.09. The van der Waals surface area contributed by atoms with Crippen LogP contribution in [0.2, 0.25) is 0 Å². The number of benzene rings is 3. The average Bonchev–Trinajstić information content (AvgIpc) is 2.83. The van der Waals surface area contributed by atoms with E-state index in [0.29, 0.717) is 17.9 Å². The van der Waals surface area contributed by atoms with Crippen LogP contribution < -0.4 is 10.3 Å². The Kier molecular flexibility index (Phi) is 7.07. The minimum atomic E-state index is -1.14. The summed E-state index contributed by atoms with van der Waals surface area (Å²) in [6, 6.07) is 22.0. The lowest BCUT2D eigenvalue weighted by Gasteiger charge is -2.18. The van der Waals surface area contributed by atoms with E-state index in [4.69, 9.17) is 4.74 Å². The molecule has 0 bridgehead atoms. The SMILES string of the molecule is CCCCc1nc(C)cc(=O)n1Cc1ccc(OC(C(=O)O)c2cccc3ccccc23)cc1. The maximum Gasteiger partial charge on any atom is 0.349 e. The first kappa shape index (κ1) is 23.2. The van der Waals surface area contributed by atoms with E-state index in [0.717, 1.165) is 47.1 Å². The van der Waals surface area contributed by atoms with Gasteiger partial charge >= 0.3 is 5.97 Å². The highest BCUT2D eigenvalue weighted by Crippen LogP contribution is 2.29. The normalized spacial score (nSPS) is 11.9. The molecule has 0 aliphatic rings. The van der Waals surface area contributed by atoms with E-state index in [2.05, 4.69) is 11.9 Å². The van der Waals surface area contributed by atoms with Gasteiger partial charge in [-0.05, 0) is 41.8 Å². The zero-order valence-corrected chi connectivity index (χ0v) is 19.4. The lowest BCUT2D eigenvalue weighted by Crippen LogP contribution is -2.25. The summed E-state index contributed by atoms with van der Waals surface area (Å²) >= 11 is 0. The van der Waals surface area contributed by atoms with Gasteiger partial charge in [-0.3, -0.25) is 9.36 Å². The van der Waals surface area contributed by atoms with Crippen LogP contribution in [0, 0.1) is 6.92 Å². The monoisotopic (exact) mass is 456 g/mol. The summed E-state index contributed by atoms with van der Waals surface area (Å²) in [5, 5.41) is 11.7. The van der Waals surface area contributed by atoms with Crippen LogP contribution in [-0.4, -0.2) is 20.6 Å². The van der Waals surface area contributed by atoms with Crippen LogP contribution in [0.3, 0.4) is 0 Å². The summed E-state index contributed by atoms with van der Waals surface area (Å²) in [5.74, 6) is 0.178. The van der Waals surface area contributed by atoms with Crippen molar-refractivity contribution in [2.75, 3.05) is 0 Å². The third-order valence-corrected chi connectivity index (χ3v) is 5.82. The molecule has 0 saturated heterocycles. The highest BCUT2D eigenvalue weighted by atomic mass is 16.5. The molecule has 6 heteroatoms. The van der Waals surface area contributed by atoms with E-state index >= 15 is 0 Å². The summed E-state index contributed by atoms with van der Waals surface area (Å²) in [6.45, 7) is 4.35. The van der Waals surface area contributed by atoms with Crippen LogP contribution in [0.5, 0.6) is 5.75 Å². The zero-order valence-electron chi connectivity index (χ0n) is 19.4. The lowest BCUT2D eigenvalue weighted by atomic mass is 10.0. The van der Waals surface area contributed by atoms with Crippen LogP contribution in [0.4, 0.5) is 0 Å². The van der Waals surface area contributed by atoms with E-state index in [9.17, 15) is 14.7 Å². The molecule has 34 heavy (non-hydrogen) atoms. The number of fused-ring (bicyclic) bond motifs is 1. The van der Waals surface area contributed by atoms with Crippen molar-refractivity contribution < 1.29 is 14.6 Å². The Morgan fingerprint density at radius 2 is 1.79 bits per heavy atom. The third-order valence-electron chi connectivity index (χ3n) is 5.82. The molecular formula is C28H28N2O4. The summed E-state index contributed by atoms with van der Waals surface area (Å²) in [4.78, 5) is 29.3. The Morgan fingerprint density at radius 1 is 1.06 bits per heavy atom. The molecule has 1 heterocycles. The molecule has 0 saturated carbocycles. The van der Waals surface area contributed by atoms with Crippen LogP contribution in [0.15, 0.2) is 77.6 Å². The van der Waals surface area contributed by atoms with Crippen LogP contribution >= 0.6 is 0 Å². The van der Waals surface area contributed by atoms with Gasteiger partial charge < -0.3 is 9.84 Å². The van der Waals surface area contributed by atoms with Crippen molar-refractivity contribution >= 4 is 16.7 Å². The Labute approximate surface area is 198 Å². The second-order valence-electron chi connectivity index (χ2n) is 8.39. The summed E-state index contributed by atoms with van der Waals surface area (Å²) in [7, 11) is 0. The third kappa shape index (κ3) is 5.17. The fraction of sp³-hybridized carbons (Fsp3) is 0.250. The minimum absolute atomic E-state index is 0.0687. The van der Waals surface area contributed by atoms with E-state index < -0.39 is 12.1 Å². The number of aryl methyl sites for hydroxylation is 2. The Hall–Kier alpha value is -3.93. The van der Waals surface area contributed by atoms with Crippen molar-refractivity contribution in [1.82, 2.24) is 9.55 Å². The molecule has 1 N–H and O–H groups in total. The summed E-state index contributed by atoms with van der Waals surface area (Å²) < 4.78 is 7.61. The fourth-order valence-electron chi connectivity index (χ4n) is 4.09. The molecule has 1 atom stereocenters. The van der Waals surface area contributed by atoms with Gasteiger partial charge in [0.25, 0.3) is 5.56 Å². The Morgan fingerprint density at radius 3 is 2.53 bits per heavy atom. The molecule has 3 aromatic carbocycles. The number of hydrogen-bond donors (Lipinski definition) is 1. The van der Waals surface area contributed by atoms with Crippen LogP contribution in [-0.2, 0) is 17.8 Å². The predicted molar refractivity (Wildman–Crippen MR) is 132 cm³/mol. The first-order valence-corrected chi connectivity index (χ1v) is 11.5. The number of unbranched alkanes of at least 4 members (excludes halogenated alkanes) is 1. The molecule has 6 nitrogen and oxygen atoms in total. The molecule has 0 aliphatic carbocycles. The number of carboxylic acid groups (broad SMARTS) is 1. The Bertz CT molecular complexity index is 1350. The van der Waals surface area contributed by atoms with Gasteiger partial charge in [-0.2, -0.15) is 0 Å². The highest BCUT2D eigenvalue weighted by molar-refractivity contribution is 5.90. The van der Waals surface area contributed by atoms with Gasteiger partial charge in [0.1, 0.15) is 11.6 Å². The standard InChI is InChI=1S/C28H28N2O4/c1-3-4-12-25-29-19(2)17-26(31)30(25)18-20-13-15-22(16-14-20)34-27(28(32)33)24-11-7-9-21-8-5-6-10-23(21)24/h5-11,13-17,27H,3-4,12,18H2,1-2H3,(H,32,33). The van der Waals surface area contributed by atoms with Crippen molar-refractivity contribution in [3.63, 3.8) is 0 Å².